The lowest BCUT2D eigenvalue weighted by molar-refractivity contribution is -0.147. The van der Waals surface area contributed by atoms with E-state index in [1.165, 1.54) is 45.4 Å². The lowest BCUT2D eigenvalue weighted by Crippen LogP contribution is -2.34. The molecule has 0 unspecified atom stereocenters. The van der Waals surface area contributed by atoms with Crippen molar-refractivity contribution in [1.29, 1.82) is 0 Å². The minimum absolute atomic E-state index is 0.152. The molecule has 192 valence electrons. The van der Waals surface area contributed by atoms with Crippen molar-refractivity contribution in [3.63, 3.8) is 0 Å². The number of carbonyl (C=O) groups excluding carboxylic acids is 1. The molecule has 0 radical (unpaired) electrons. The van der Waals surface area contributed by atoms with Crippen LogP contribution >= 0.6 is 0 Å². The molecule has 5 nitrogen and oxygen atoms in total. The van der Waals surface area contributed by atoms with Crippen molar-refractivity contribution in [2.75, 3.05) is 7.11 Å². The van der Waals surface area contributed by atoms with E-state index >= 15 is 0 Å². The summed E-state index contributed by atoms with van der Waals surface area (Å²) in [6.45, 7) is 3.46. The first kappa shape index (κ1) is 27.2. The van der Waals surface area contributed by atoms with E-state index in [2.05, 4.69) is 16.9 Å². The van der Waals surface area contributed by atoms with Crippen LogP contribution in [-0.4, -0.2) is 28.7 Å². The number of rotatable bonds is 13. The van der Waals surface area contributed by atoms with E-state index in [9.17, 15) is 13.6 Å². The minimum Gasteiger partial charge on any atom is -0.494 e. The fourth-order valence-corrected chi connectivity index (χ4v) is 3.88. The van der Waals surface area contributed by atoms with E-state index in [1.807, 2.05) is 0 Å². The first-order valence-corrected chi connectivity index (χ1v) is 12.5. The van der Waals surface area contributed by atoms with Gasteiger partial charge in [-0.25, -0.2) is 23.5 Å². The Morgan fingerprint density at radius 3 is 2.11 bits per heavy atom. The van der Waals surface area contributed by atoms with Gasteiger partial charge in [0.15, 0.2) is 17.4 Å². The third-order valence-corrected chi connectivity index (χ3v) is 6.14. The number of methoxy groups -OCH3 is 1. The Morgan fingerprint density at radius 1 is 0.889 bits per heavy atom. The normalized spacial score (nSPS) is 12.7. The molecule has 36 heavy (non-hydrogen) atoms. The topological polar surface area (TPSA) is 61.3 Å². The molecule has 0 aliphatic rings. The second kappa shape index (κ2) is 13.1. The Bertz CT molecular complexity index is 1120. The quantitative estimate of drug-likeness (QED) is 0.138. The largest absolute Gasteiger partial charge is 0.494 e. The standard InChI is InChI=1S/C29H34F2N2O3/c1-4-5-6-7-8-9-10-17-29(2,31)28(34)36-24-14-11-21(12-15-24)23-19-32-27(33-20-23)22-13-16-26(35-3)25(30)18-22/h11-16,18-20H,4-10,17H2,1-3H3/t29-/m0/s1. The third kappa shape index (κ3) is 7.57. The number of ether oxygens (including phenoxy) is 2. The number of hydrogen-bond donors (Lipinski definition) is 0. The summed E-state index contributed by atoms with van der Waals surface area (Å²) in [6.07, 6.45) is 10.8. The van der Waals surface area contributed by atoms with Gasteiger partial charge in [-0.3, -0.25) is 0 Å². The van der Waals surface area contributed by atoms with E-state index in [4.69, 9.17) is 9.47 Å². The van der Waals surface area contributed by atoms with Crippen LogP contribution in [0.2, 0.25) is 0 Å². The molecule has 3 aromatic rings. The Labute approximate surface area is 211 Å². The van der Waals surface area contributed by atoms with E-state index < -0.39 is 17.5 Å². The molecule has 0 aliphatic heterocycles. The summed E-state index contributed by atoms with van der Waals surface area (Å²) in [5, 5.41) is 0. The van der Waals surface area contributed by atoms with Gasteiger partial charge in [-0.2, -0.15) is 0 Å². The summed E-state index contributed by atoms with van der Waals surface area (Å²) in [5.74, 6) is -0.547. The number of carbonyl (C=O) groups is 1. The molecule has 1 aromatic heterocycles. The van der Waals surface area contributed by atoms with Gasteiger partial charge in [0.1, 0.15) is 5.75 Å². The van der Waals surface area contributed by atoms with Crippen LogP contribution in [0.5, 0.6) is 11.5 Å². The van der Waals surface area contributed by atoms with Crippen LogP contribution < -0.4 is 9.47 Å². The van der Waals surface area contributed by atoms with Crippen molar-refractivity contribution in [3.8, 4) is 34.0 Å². The molecule has 0 fully saturated rings. The van der Waals surface area contributed by atoms with Gasteiger partial charge in [0.25, 0.3) is 0 Å². The number of halogens is 2. The zero-order chi connectivity index (χ0) is 26.0. The Kier molecular flexibility index (Phi) is 9.91. The highest BCUT2D eigenvalue weighted by Gasteiger charge is 2.34. The molecule has 0 aliphatic carbocycles. The van der Waals surface area contributed by atoms with Crippen molar-refractivity contribution in [2.45, 2.75) is 70.9 Å². The smallest absolute Gasteiger partial charge is 0.348 e. The highest BCUT2D eigenvalue weighted by molar-refractivity contribution is 5.81. The predicted molar refractivity (Wildman–Crippen MR) is 137 cm³/mol. The van der Waals surface area contributed by atoms with Crippen LogP contribution in [0.1, 0.15) is 65.2 Å². The molecule has 1 heterocycles. The van der Waals surface area contributed by atoms with Crippen LogP contribution in [0.3, 0.4) is 0 Å². The zero-order valence-electron chi connectivity index (χ0n) is 21.2. The summed E-state index contributed by atoms with van der Waals surface area (Å²) in [6, 6.07) is 11.3. The number of esters is 1. The molecule has 0 amide bonds. The number of aromatic nitrogens is 2. The molecule has 0 bridgehead atoms. The summed E-state index contributed by atoms with van der Waals surface area (Å²) in [4.78, 5) is 21.0. The van der Waals surface area contributed by atoms with Crippen LogP contribution in [-0.2, 0) is 4.79 Å². The monoisotopic (exact) mass is 496 g/mol. The van der Waals surface area contributed by atoms with Gasteiger partial charge >= 0.3 is 5.97 Å². The average Bonchev–Trinajstić information content (AvgIpc) is 2.88. The maximum absolute atomic E-state index is 14.9. The van der Waals surface area contributed by atoms with Gasteiger partial charge in [-0.1, -0.05) is 57.6 Å². The van der Waals surface area contributed by atoms with Gasteiger partial charge < -0.3 is 9.47 Å². The lowest BCUT2D eigenvalue weighted by atomic mass is 9.99. The second-order valence-electron chi connectivity index (χ2n) is 9.13. The first-order chi connectivity index (χ1) is 17.3. The SMILES string of the molecule is CCCCCCCCC[C@](C)(F)C(=O)Oc1ccc(-c2cnc(-c3ccc(OC)c(F)c3)nc2)cc1. The number of alkyl halides is 1. The zero-order valence-corrected chi connectivity index (χ0v) is 21.2. The molecule has 0 saturated carbocycles. The van der Waals surface area contributed by atoms with Crippen molar-refractivity contribution < 1.29 is 23.0 Å². The van der Waals surface area contributed by atoms with Gasteiger partial charge in [-0.05, 0) is 55.7 Å². The number of hydrogen-bond acceptors (Lipinski definition) is 5. The fourth-order valence-electron chi connectivity index (χ4n) is 3.88. The maximum atomic E-state index is 14.9. The number of nitrogens with zero attached hydrogens (tertiary/aromatic N) is 2. The highest BCUT2D eigenvalue weighted by atomic mass is 19.1. The lowest BCUT2D eigenvalue weighted by Gasteiger charge is -2.18. The van der Waals surface area contributed by atoms with Gasteiger partial charge in [-0.15, -0.1) is 0 Å². The molecule has 1 atom stereocenters. The minimum atomic E-state index is -2.02. The summed E-state index contributed by atoms with van der Waals surface area (Å²) in [5.41, 5.74) is 0.0493. The maximum Gasteiger partial charge on any atom is 0.348 e. The summed E-state index contributed by atoms with van der Waals surface area (Å²) < 4.78 is 39.1. The molecule has 3 rings (SSSR count). The number of unbranched alkanes of at least 4 members (excludes halogenated alkanes) is 6. The van der Waals surface area contributed by atoms with Crippen molar-refractivity contribution in [3.05, 3.63) is 60.7 Å². The van der Waals surface area contributed by atoms with E-state index in [0.29, 0.717) is 17.8 Å². The van der Waals surface area contributed by atoms with Crippen molar-refractivity contribution >= 4 is 5.97 Å². The van der Waals surface area contributed by atoms with E-state index in [1.54, 1.807) is 42.7 Å². The van der Waals surface area contributed by atoms with Crippen LogP contribution in [0.25, 0.3) is 22.5 Å². The van der Waals surface area contributed by atoms with Gasteiger partial charge in [0, 0.05) is 23.5 Å². The van der Waals surface area contributed by atoms with E-state index in [-0.39, 0.29) is 17.9 Å². The fraction of sp³-hybridized carbons (Fsp3) is 0.414. The number of benzene rings is 2. The molecular weight excluding hydrogens is 462 g/mol. The molecule has 0 saturated heterocycles. The van der Waals surface area contributed by atoms with Gasteiger partial charge in [0.05, 0.1) is 7.11 Å². The van der Waals surface area contributed by atoms with Crippen LogP contribution in [0, 0.1) is 5.82 Å². The molecule has 2 aromatic carbocycles. The second-order valence-corrected chi connectivity index (χ2v) is 9.13. The Hall–Kier alpha value is -3.35. The molecule has 7 heteroatoms. The highest BCUT2D eigenvalue weighted by Crippen LogP contribution is 2.27. The van der Waals surface area contributed by atoms with Crippen molar-refractivity contribution in [2.24, 2.45) is 0 Å². The van der Waals surface area contributed by atoms with E-state index in [0.717, 1.165) is 30.4 Å². The molecule has 0 spiro atoms. The Morgan fingerprint density at radius 2 is 1.50 bits per heavy atom. The molecular formula is C29H34F2N2O3. The first-order valence-electron chi connectivity index (χ1n) is 12.5. The van der Waals surface area contributed by atoms with Crippen LogP contribution in [0.15, 0.2) is 54.9 Å². The Balaban J connectivity index is 1.54. The summed E-state index contributed by atoms with van der Waals surface area (Å²) in [7, 11) is 1.41. The predicted octanol–water partition coefficient (Wildman–Crippen LogP) is 7.73. The van der Waals surface area contributed by atoms with Crippen LogP contribution in [0.4, 0.5) is 8.78 Å². The van der Waals surface area contributed by atoms with Crippen molar-refractivity contribution in [1.82, 2.24) is 9.97 Å². The summed E-state index contributed by atoms with van der Waals surface area (Å²) >= 11 is 0. The average molecular weight is 497 g/mol. The molecule has 0 N–H and O–H groups in total. The van der Waals surface area contributed by atoms with Gasteiger partial charge in [0.2, 0.25) is 5.67 Å². The third-order valence-electron chi connectivity index (χ3n) is 6.14.